The van der Waals surface area contributed by atoms with Crippen molar-refractivity contribution in [2.75, 3.05) is 6.54 Å². The molecule has 0 saturated carbocycles. The van der Waals surface area contributed by atoms with Crippen LogP contribution in [-0.4, -0.2) is 12.3 Å². The van der Waals surface area contributed by atoms with Crippen LogP contribution in [0.3, 0.4) is 0 Å². The summed E-state index contributed by atoms with van der Waals surface area (Å²) in [6, 6.07) is 4.59. The van der Waals surface area contributed by atoms with E-state index in [4.69, 9.17) is 11.6 Å². The van der Waals surface area contributed by atoms with Crippen LogP contribution in [0.1, 0.15) is 25.3 Å². The van der Waals surface area contributed by atoms with Crippen LogP contribution in [0.5, 0.6) is 0 Å². The maximum Gasteiger partial charge on any atom is 0.125 e. The highest BCUT2D eigenvalue weighted by Crippen LogP contribution is 2.21. The van der Waals surface area contributed by atoms with Gasteiger partial charge in [-0.1, -0.05) is 18.5 Å². The third kappa shape index (κ3) is 2.57. The van der Waals surface area contributed by atoms with Gasteiger partial charge in [0.1, 0.15) is 5.82 Å². The summed E-state index contributed by atoms with van der Waals surface area (Å²) in [7, 11) is 0. The Labute approximate surface area is 94.0 Å². The molecule has 2 rings (SSSR count). The summed E-state index contributed by atoms with van der Waals surface area (Å²) in [6.07, 6.45) is 2.04. The fraction of sp³-hybridized carbons (Fsp3) is 0.417. The van der Waals surface area contributed by atoms with Gasteiger partial charge in [-0.25, -0.2) is 4.39 Å². The third-order valence-electron chi connectivity index (χ3n) is 2.66. The van der Waals surface area contributed by atoms with Gasteiger partial charge in [-0.2, -0.15) is 0 Å². The van der Waals surface area contributed by atoms with Crippen molar-refractivity contribution in [2.45, 2.75) is 19.8 Å². The molecule has 0 N–H and O–H groups in total. The molecule has 1 unspecified atom stereocenters. The number of hydrogen-bond acceptors (Lipinski definition) is 1. The topological polar surface area (TPSA) is 12.4 Å². The minimum atomic E-state index is -0.293. The summed E-state index contributed by atoms with van der Waals surface area (Å²) >= 11 is 5.80. The first-order chi connectivity index (χ1) is 7.15. The molecule has 80 valence electrons. The summed E-state index contributed by atoms with van der Waals surface area (Å²) in [5.41, 5.74) is 1.81. The van der Waals surface area contributed by atoms with Gasteiger partial charge < -0.3 is 0 Å². The highest BCUT2D eigenvalue weighted by Gasteiger charge is 2.13. The number of aliphatic imine (C=N–C) groups is 1. The van der Waals surface area contributed by atoms with Crippen molar-refractivity contribution in [2.24, 2.45) is 10.9 Å². The number of nitrogens with zero attached hydrogens (tertiary/aromatic N) is 1. The zero-order valence-corrected chi connectivity index (χ0v) is 9.39. The standard InChI is InChI=1S/C12H13ClFN/c1-8-2-3-12(15-7-8)9-4-10(13)6-11(14)5-9/h4-6,8H,2-3,7H2,1H3. The Morgan fingerprint density at radius 3 is 2.80 bits per heavy atom. The Balaban J connectivity index is 2.29. The van der Waals surface area contributed by atoms with E-state index in [1.165, 1.54) is 12.1 Å². The van der Waals surface area contributed by atoms with Crippen molar-refractivity contribution in [3.63, 3.8) is 0 Å². The minimum absolute atomic E-state index is 0.293. The molecule has 0 radical (unpaired) electrons. The number of hydrogen-bond donors (Lipinski definition) is 0. The van der Waals surface area contributed by atoms with E-state index in [0.717, 1.165) is 30.7 Å². The molecule has 0 saturated heterocycles. The lowest BCUT2D eigenvalue weighted by Crippen LogP contribution is -2.14. The smallest absolute Gasteiger partial charge is 0.125 e. The zero-order chi connectivity index (χ0) is 10.8. The molecule has 1 aliphatic rings. The van der Waals surface area contributed by atoms with Gasteiger partial charge in [0.25, 0.3) is 0 Å². The van der Waals surface area contributed by atoms with E-state index >= 15 is 0 Å². The third-order valence-corrected chi connectivity index (χ3v) is 2.88. The molecule has 1 heterocycles. The lowest BCUT2D eigenvalue weighted by atomic mass is 9.96. The molecule has 1 aliphatic heterocycles. The molecule has 15 heavy (non-hydrogen) atoms. The quantitative estimate of drug-likeness (QED) is 0.691. The molecule has 0 aliphatic carbocycles. The molecule has 1 atom stereocenters. The van der Waals surface area contributed by atoms with Gasteiger partial charge in [0, 0.05) is 17.3 Å². The van der Waals surface area contributed by atoms with Gasteiger partial charge in [-0.3, -0.25) is 4.99 Å². The van der Waals surface area contributed by atoms with Gasteiger partial charge in [-0.05, 0) is 42.5 Å². The van der Waals surface area contributed by atoms with Gasteiger partial charge in [-0.15, -0.1) is 0 Å². The second-order valence-electron chi connectivity index (χ2n) is 4.09. The average molecular weight is 226 g/mol. The van der Waals surface area contributed by atoms with Gasteiger partial charge >= 0.3 is 0 Å². The fourth-order valence-electron chi connectivity index (χ4n) is 1.78. The van der Waals surface area contributed by atoms with E-state index in [2.05, 4.69) is 11.9 Å². The van der Waals surface area contributed by atoms with E-state index in [1.54, 1.807) is 6.07 Å². The van der Waals surface area contributed by atoms with Gasteiger partial charge in [0.05, 0.1) is 0 Å². The minimum Gasteiger partial charge on any atom is -0.289 e. The maximum absolute atomic E-state index is 13.1. The predicted octanol–water partition coefficient (Wildman–Crippen LogP) is 3.70. The van der Waals surface area contributed by atoms with Crippen LogP contribution in [0.25, 0.3) is 0 Å². The van der Waals surface area contributed by atoms with Crippen molar-refractivity contribution in [3.05, 3.63) is 34.6 Å². The van der Waals surface area contributed by atoms with E-state index in [1.807, 2.05) is 0 Å². The molecular weight excluding hydrogens is 213 g/mol. The van der Waals surface area contributed by atoms with E-state index < -0.39 is 0 Å². The summed E-state index contributed by atoms with van der Waals surface area (Å²) in [4.78, 5) is 4.45. The lowest BCUT2D eigenvalue weighted by Gasteiger charge is -2.17. The summed E-state index contributed by atoms with van der Waals surface area (Å²) < 4.78 is 13.1. The SMILES string of the molecule is CC1CCC(c2cc(F)cc(Cl)c2)=NC1. The molecule has 1 nitrogen and oxygen atoms in total. The first-order valence-corrected chi connectivity index (χ1v) is 5.53. The molecule has 3 heteroatoms. The van der Waals surface area contributed by atoms with Crippen molar-refractivity contribution in [1.82, 2.24) is 0 Å². The van der Waals surface area contributed by atoms with Crippen LogP contribution >= 0.6 is 11.6 Å². The van der Waals surface area contributed by atoms with Crippen LogP contribution in [0.4, 0.5) is 4.39 Å². The Hall–Kier alpha value is -0.890. The lowest BCUT2D eigenvalue weighted by molar-refractivity contribution is 0.538. The van der Waals surface area contributed by atoms with Crippen LogP contribution in [0.2, 0.25) is 5.02 Å². The van der Waals surface area contributed by atoms with E-state index in [9.17, 15) is 4.39 Å². The zero-order valence-electron chi connectivity index (χ0n) is 8.63. The average Bonchev–Trinajstić information content (AvgIpc) is 2.17. The number of rotatable bonds is 1. The van der Waals surface area contributed by atoms with Crippen molar-refractivity contribution >= 4 is 17.3 Å². The highest BCUT2D eigenvalue weighted by molar-refractivity contribution is 6.31. The van der Waals surface area contributed by atoms with Gasteiger partial charge in [0.2, 0.25) is 0 Å². The van der Waals surface area contributed by atoms with Gasteiger partial charge in [0.15, 0.2) is 0 Å². The summed E-state index contributed by atoms with van der Waals surface area (Å²) in [5, 5.41) is 0.436. The maximum atomic E-state index is 13.1. The highest BCUT2D eigenvalue weighted by atomic mass is 35.5. The summed E-state index contributed by atoms with van der Waals surface area (Å²) in [5.74, 6) is 0.344. The summed E-state index contributed by atoms with van der Waals surface area (Å²) in [6.45, 7) is 3.02. The second kappa shape index (κ2) is 4.31. The van der Waals surface area contributed by atoms with Crippen LogP contribution in [-0.2, 0) is 0 Å². The van der Waals surface area contributed by atoms with Crippen molar-refractivity contribution in [3.8, 4) is 0 Å². The molecule has 0 fully saturated rings. The van der Waals surface area contributed by atoms with Crippen molar-refractivity contribution in [1.29, 1.82) is 0 Å². The van der Waals surface area contributed by atoms with E-state index in [-0.39, 0.29) is 5.82 Å². The second-order valence-corrected chi connectivity index (χ2v) is 4.53. The Kier molecular flexibility index (Phi) is 3.06. The van der Waals surface area contributed by atoms with Crippen LogP contribution in [0, 0.1) is 11.7 Å². The predicted molar refractivity (Wildman–Crippen MR) is 61.2 cm³/mol. The first kappa shape index (κ1) is 10.6. The van der Waals surface area contributed by atoms with Crippen molar-refractivity contribution < 1.29 is 4.39 Å². The normalized spacial score (nSPS) is 21.3. The number of benzene rings is 1. The molecule has 0 spiro atoms. The van der Waals surface area contributed by atoms with E-state index in [0.29, 0.717) is 10.9 Å². The molecular formula is C12H13ClFN. The Morgan fingerprint density at radius 2 is 2.20 bits per heavy atom. The first-order valence-electron chi connectivity index (χ1n) is 5.15. The largest absolute Gasteiger partial charge is 0.289 e. The Morgan fingerprint density at radius 1 is 1.40 bits per heavy atom. The molecule has 1 aromatic rings. The Bertz CT molecular complexity index is 380. The number of halogens is 2. The molecule has 0 aromatic heterocycles. The molecule has 0 amide bonds. The fourth-order valence-corrected chi connectivity index (χ4v) is 2.00. The van der Waals surface area contributed by atoms with Crippen LogP contribution in [0.15, 0.2) is 23.2 Å². The van der Waals surface area contributed by atoms with Crippen LogP contribution < -0.4 is 0 Å². The molecule has 0 bridgehead atoms. The monoisotopic (exact) mass is 225 g/mol. The molecule has 1 aromatic carbocycles.